The standard InChI is InChI=1S/C23H14BF/c1-17-20(11-7-18-5-3-2-4-6-18)13-14-21(23(17)25)12-8-19-9-15-22(24)16-10-19/h2-6,9-10,13-16H,1H3. The van der Waals surface area contributed by atoms with Gasteiger partial charge in [0.2, 0.25) is 0 Å². The Kier molecular flexibility index (Phi) is 5.03. The highest BCUT2D eigenvalue weighted by Crippen LogP contribution is 2.16. The summed E-state index contributed by atoms with van der Waals surface area (Å²) in [7, 11) is 5.64. The molecule has 0 bridgehead atoms. The van der Waals surface area contributed by atoms with E-state index >= 15 is 0 Å². The second kappa shape index (κ2) is 7.56. The van der Waals surface area contributed by atoms with Gasteiger partial charge in [-0.05, 0) is 43.3 Å². The number of halogens is 1. The fraction of sp³-hybridized carbons (Fsp3) is 0.0435. The van der Waals surface area contributed by atoms with Gasteiger partial charge in [0.05, 0.1) is 5.56 Å². The Morgan fingerprint density at radius 3 is 1.92 bits per heavy atom. The van der Waals surface area contributed by atoms with E-state index in [1.165, 1.54) is 0 Å². The summed E-state index contributed by atoms with van der Waals surface area (Å²) in [6.07, 6.45) is 0. The maximum Gasteiger partial charge on any atom is 0.142 e. The van der Waals surface area contributed by atoms with Crippen LogP contribution in [0.2, 0.25) is 0 Å². The lowest BCUT2D eigenvalue weighted by Gasteiger charge is -2.02. The van der Waals surface area contributed by atoms with E-state index < -0.39 is 0 Å². The molecule has 0 nitrogen and oxygen atoms in total. The predicted octanol–water partition coefficient (Wildman–Crippen LogP) is 3.73. The summed E-state index contributed by atoms with van der Waals surface area (Å²) in [5.74, 6) is 11.6. The zero-order valence-electron chi connectivity index (χ0n) is 13.8. The maximum atomic E-state index is 14.6. The molecule has 0 fully saturated rings. The van der Waals surface area contributed by atoms with Crippen molar-refractivity contribution < 1.29 is 4.39 Å². The molecule has 116 valence electrons. The van der Waals surface area contributed by atoms with Crippen LogP contribution in [-0.2, 0) is 0 Å². The predicted molar refractivity (Wildman–Crippen MR) is 101 cm³/mol. The van der Waals surface area contributed by atoms with Crippen molar-refractivity contribution in [2.24, 2.45) is 0 Å². The average molecular weight is 320 g/mol. The second-order valence-corrected chi connectivity index (χ2v) is 5.59. The van der Waals surface area contributed by atoms with Crippen LogP contribution in [0.15, 0.2) is 66.7 Å². The third kappa shape index (κ3) is 4.20. The van der Waals surface area contributed by atoms with Crippen LogP contribution >= 0.6 is 0 Å². The summed E-state index contributed by atoms with van der Waals surface area (Å²) < 4.78 is 14.6. The van der Waals surface area contributed by atoms with Gasteiger partial charge < -0.3 is 0 Å². The highest BCUT2D eigenvalue weighted by atomic mass is 19.1. The van der Waals surface area contributed by atoms with Crippen LogP contribution in [0.3, 0.4) is 0 Å². The van der Waals surface area contributed by atoms with Gasteiger partial charge in [0.15, 0.2) is 0 Å². The minimum atomic E-state index is -0.331. The number of benzene rings is 3. The molecule has 0 N–H and O–H groups in total. The highest BCUT2D eigenvalue weighted by Gasteiger charge is 2.06. The molecule has 0 aliphatic carbocycles. The smallest absolute Gasteiger partial charge is 0.142 e. The third-order valence-corrected chi connectivity index (χ3v) is 3.75. The first kappa shape index (κ1) is 16.6. The molecule has 0 saturated carbocycles. The summed E-state index contributed by atoms with van der Waals surface area (Å²) in [6, 6.07) is 20.3. The topological polar surface area (TPSA) is 0 Å². The fourth-order valence-corrected chi connectivity index (χ4v) is 2.28. The van der Waals surface area contributed by atoms with Crippen molar-refractivity contribution >= 4 is 13.3 Å². The summed E-state index contributed by atoms with van der Waals surface area (Å²) in [4.78, 5) is 0. The van der Waals surface area contributed by atoms with Crippen LogP contribution in [0.4, 0.5) is 4.39 Å². The quantitative estimate of drug-likeness (QED) is 0.437. The first-order valence-electron chi connectivity index (χ1n) is 7.87. The lowest BCUT2D eigenvalue weighted by atomic mass is 9.95. The zero-order chi connectivity index (χ0) is 17.6. The fourth-order valence-electron chi connectivity index (χ4n) is 2.28. The molecule has 25 heavy (non-hydrogen) atoms. The molecule has 2 radical (unpaired) electrons. The molecule has 0 aromatic heterocycles. The van der Waals surface area contributed by atoms with Crippen LogP contribution in [0.1, 0.15) is 27.8 Å². The Balaban J connectivity index is 1.89. The van der Waals surface area contributed by atoms with Crippen LogP contribution in [-0.4, -0.2) is 7.85 Å². The lowest BCUT2D eigenvalue weighted by Crippen LogP contribution is -1.99. The molecule has 0 aliphatic heterocycles. The molecule has 3 aromatic rings. The van der Waals surface area contributed by atoms with Gasteiger partial charge in [0.1, 0.15) is 13.7 Å². The van der Waals surface area contributed by atoms with E-state index in [9.17, 15) is 4.39 Å². The van der Waals surface area contributed by atoms with Gasteiger partial charge in [-0.1, -0.05) is 59.5 Å². The minimum absolute atomic E-state index is 0.331. The Morgan fingerprint density at radius 2 is 1.24 bits per heavy atom. The van der Waals surface area contributed by atoms with E-state index in [4.69, 9.17) is 7.85 Å². The van der Waals surface area contributed by atoms with Gasteiger partial charge >= 0.3 is 0 Å². The molecule has 0 aliphatic rings. The van der Waals surface area contributed by atoms with Gasteiger partial charge in [-0.2, -0.15) is 0 Å². The summed E-state index contributed by atoms with van der Waals surface area (Å²) >= 11 is 0. The van der Waals surface area contributed by atoms with Gasteiger partial charge in [0.25, 0.3) is 0 Å². The van der Waals surface area contributed by atoms with Gasteiger partial charge in [0, 0.05) is 22.3 Å². The third-order valence-electron chi connectivity index (χ3n) is 3.75. The van der Waals surface area contributed by atoms with Crippen LogP contribution in [0.25, 0.3) is 0 Å². The van der Waals surface area contributed by atoms with E-state index in [1.807, 2.05) is 42.5 Å². The van der Waals surface area contributed by atoms with E-state index in [-0.39, 0.29) is 5.82 Å². The van der Waals surface area contributed by atoms with Gasteiger partial charge in [-0.3, -0.25) is 0 Å². The molecule has 3 rings (SSSR count). The molecule has 2 heteroatoms. The Bertz CT molecular complexity index is 1010. The Morgan fingerprint density at radius 1 is 0.680 bits per heavy atom. The van der Waals surface area contributed by atoms with Crippen molar-refractivity contribution in [1.82, 2.24) is 0 Å². The van der Waals surface area contributed by atoms with Crippen molar-refractivity contribution in [3.8, 4) is 23.7 Å². The monoisotopic (exact) mass is 320 g/mol. The van der Waals surface area contributed by atoms with Gasteiger partial charge in [-0.25, -0.2) is 4.39 Å². The van der Waals surface area contributed by atoms with Crippen molar-refractivity contribution in [2.75, 3.05) is 0 Å². The first-order valence-corrected chi connectivity index (χ1v) is 7.87. The lowest BCUT2D eigenvalue weighted by molar-refractivity contribution is 0.614. The summed E-state index contributed by atoms with van der Waals surface area (Å²) in [6.45, 7) is 1.72. The molecule has 0 heterocycles. The van der Waals surface area contributed by atoms with Gasteiger partial charge in [-0.15, -0.1) is 0 Å². The highest BCUT2D eigenvalue weighted by molar-refractivity contribution is 6.32. The summed E-state index contributed by atoms with van der Waals surface area (Å²) in [5, 5.41) is 0. The van der Waals surface area contributed by atoms with E-state index in [2.05, 4.69) is 23.7 Å². The molecule has 0 saturated heterocycles. The minimum Gasteiger partial charge on any atom is -0.205 e. The average Bonchev–Trinajstić information content (AvgIpc) is 2.64. The Hall–Kier alpha value is -3.23. The molecule has 0 spiro atoms. The molecule has 0 atom stereocenters. The molecular formula is C23H14BF. The second-order valence-electron chi connectivity index (χ2n) is 5.59. The number of hydrogen-bond donors (Lipinski definition) is 0. The van der Waals surface area contributed by atoms with E-state index in [1.54, 1.807) is 31.2 Å². The van der Waals surface area contributed by atoms with E-state index in [0.717, 1.165) is 11.1 Å². The molecule has 0 amide bonds. The maximum absolute atomic E-state index is 14.6. The van der Waals surface area contributed by atoms with Crippen LogP contribution in [0.5, 0.6) is 0 Å². The SMILES string of the molecule is [B]c1ccc(C#Cc2ccc(C#Cc3ccccc3)c(C)c2F)cc1. The van der Waals surface area contributed by atoms with Crippen LogP contribution in [0, 0.1) is 36.4 Å². The van der Waals surface area contributed by atoms with Crippen molar-refractivity contribution in [3.05, 3.63) is 100 Å². The molecule has 3 aromatic carbocycles. The normalized spacial score (nSPS) is 9.52. The number of hydrogen-bond acceptors (Lipinski definition) is 0. The molecule has 0 unspecified atom stereocenters. The van der Waals surface area contributed by atoms with Crippen molar-refractivity contribution in [1.29, 1.82) is 0 Å². The Labute approximate surface area is 149 Å². The van der Waals surface area contributed by atoms with Crippen molar-refractivity contribution in [2.45, 2.75) is 6.92 Å². The zero-order valence-corrected chi connectivity index (χ0v) is 13.8. The van der Waals surface area contributed by atoms with Crippen LogP contribution < -0.4 is 5.46 Å². The first-order chi connectivity index (χ1) is 12.1. The summed E-state index contributed by atoms with van der Waals surface area (Å²) in [5.41, 5.74) is 3.90. The van der Waals surface area contributed by atoms with Crippen molar-refractivity contribution in [3.63, 3.8) is 0 Å². The number of rotatable bonds is 0. The van der Waals surface area contributed by atoms with E-state index in [0.29, 0.717) is 22.2 Å². The largest absolute Gasteiger partial charge is 0.205 e. The molecular weight excluding hydrogens is 306 g/mol.